The second-order valence-electron chi connectivity index (χ2n) is 5.75. The van der Waals surface area contributed by atoms with Crippen molar-refractivity contribution >= 4 is 0 Å². The van der Waals surface area contributed by atoms with Crippen LogP contribution >= 0.6 is 0 Å². The van der Waals surface area contributed by atoms with Gasteiger partial charge in [-0.2, -0.15) is 0 Å². The highest BCUT2D eigenvalue weighted by molar-refractivity contribution is 5.32. The first kappa shape index (κ1) is 13.3. The fraction of sp³-hybridized carbons (Fsp3) is 0.600. The molecule has 1 saturated carbocycles. The largest absolute Gasteiger partial charge is 0.508 e. The molecule has 0 unspecified atom stereocenters. The van der Waals surface area contributed by atoms with Crippen molar-refractivity contribution in [3.63, 3.8) is 0 Å². The van der Waals surface area contributed by atoms with Crippen molar-refractivity contribution < 1.29 is 9.50 Å². The van der Waals surface area contributed by atoms with E-state index in [-0.39, 0.29) is 11.6 Å². The summed E-state index contributed by atoms with van der Waals surface area (Å²) in [5, 5.41) is 13.0. The summed E-state index contributed by atoms with van der Waals surface area (Å²) in [5.74, 6) is -0.133. The molecule has 1 fully saturated rings. The van der Waals surface area contributed by atoms with Crippen molar-refractivity contribution in [1.82, 2.24) is 5.32 Å². The number of aromatic hydroxyl groups is 1. The minimum atomic E-state index is -0.298. The molecule has 2 N–H and O–H groups in total. The van der Waals surface area contributed by atoms with E-state index in [0.717, 1.165) is 6.54 Å². The maximum Gasteiger partial charge on any atom is 0.123 e. The molecule has 1 aliphatic rings. The molecule has 0 atom stereocenters. The fourth-order valence-corrected chi connectivity index (χ4v) is 2.78. The number of hydrogen-bond donors (Lipinski definition) is 2. The summed E-state index contributed by atoms with van der Waals surface area (Å²) in [6.45, 7) is 3.77. The number of phenolic OH excluding ortho intramolecular Hbond substituents is 1. The molecule has 0 saturated heterocycles. The zero-order valence-electron chi connectivity index (χ0n) is 11.0. The third-order valence-electron chi connectivity index (χ3n) is 3.97. The Morgan fingerprint density at radius 3 is 2.72 bits per heavy atom. The second kappa shape index (κ2) is 5.70. The van der Waals surface area contributed by atoms with Gasteiger partial charge in [0.2, 0.25) is 0 Å². The first-order chi connectivity index (χ1) is 8.59. The first-order valence-corrected chi connectivity index (χ1v) is 6.77. The predicted octanol–water partition coefficient (Wildman–Crippen LogP) is 3.59. The Labute approximate surface area is 108 Å². The van der Waals surface area contributed by atoms with Crippen molar-refractivity contribution in [2.24, 2.45) is 5.41 Å². The molecule has 0 spiro atoms. The van der Waals surface area contributed by atoms with Gasteiger partial charge in [0, 0.05) is 18.7 Å². The quantitative estimate of drug-likeness (QED) is 0.857. The Kier molecular flexibility index (Phi) is 4.23. The number of halogens is 1. The minimum Gasteiger partial charge on any atom is -0.508 e. The Morgan fingerprint density at radius 1 is 1.28 bits per heavy atom. The summed E-state index contributed by atoms with van der Waals surface area (Å²) in [5.41, 5.74) is 0.996. The highest BCUT2D eigenvalue weighted by Gasteiger charge is 2.26. The van der Waals surface area contributed by atoms with Crippen LogP contribution in [0, 0.1) is 11.2 Å². The van der Waals surface area contributed by atoms with Crippen LogP contribution in [0.3, 0.4) is 0 Å². The Bertz CT molecular complexity index is 399. The molecule has 3 heteroatoms. The summed E-state index contributed by atoms with van der Waals surface area (Å²) in [4.78, 5) is 0. The van der Waals surface area contributed by atoms with Gasteiger partial charge in [-0.3, -0.25) is 0 Å². The Morgan fingerprint density at radius 2 is 2.00 bits per heavy atom. The van der Waals surface area contributed by atoms with Gasteiger partial charge >= 0.3 is 0 Å². The third kappa shape index (κ3) is 3.45. The van der Waals surface area contributed by atoms with E-state index in [9.17, 15) is 9.50 Å². The van der Waals surface area contributed by atoms with Crippen LogP contribution < -0.4 is 5.32 Å². The van der Waals surface area contributed by atoms with Crippen LogP contribution in [0.1, 0.15) is 44.6 Å². The molecule has 0 aromatic heterocycles. The van der Waals surface area contributed by atoms with E-state index in [2.05, 4.69) is 12.2 Å². The molecule has 18 heavy (non-hydrogen) atoms. The van der Waals surface area contributed by atoms with E-state index in [0.29, 0.717) is 17.5 Å². The monoisotopic (exact) mass is 251 g/mol. The van der Waals surface area contributed by atoms with E-state index in [1.165, 1.54) is 50.3 Å². The van der Waals surface area contributed by atoms with Gasteiger partial charge in [-0.15, -0.1) is 0 Å². The molecule has 0 amide bonds. The van der Waals surface area contributed by atoms with Crippen molar-refractivity contribution in [2.45, 2.75) is 45.6 Å². The van der Waals surface area contributed by atoms with Gasteiger partial charge < -0.3 is 10.4 Å². The van der Waals surface area contributed by atoms with Gasteiger partial charge in [0.05, 0.1) is 0 Å². The van der Waals surface area contributed by atoms with Crippen molar-refractivity contribution in [3.05, 3.63) is 29.6 Å². The maximum atomic E-state index is 13.1. The maximum absolute atomic E-state index is 13.1. The average molecular weight is 251 g/mol. The Hall–Kier alpha value is -1.09. The van der Waals surface area contributed by atoms with Crippen LogP contribution in [-0.2, 0) is 6.54 Å². The Balaban J connectivity index is 1.86. The lowest BCUT2D eigenvalue weighted by Crippen LogP contribution is -2.33. The molecule has 0 radical (unpaired) electrons. The first-order valence-electron chi connectivity index (χ1n) is 6.77. The lowest BCUT2D eigenvalue weighted by molar-refractivity contribution is 0.207. The SMILES string of the molecule is CC1(CNCc2cc(F)ccc2O)CCCCC1. The topological polar surface area (TPSA) is 32.3 Å². The molecule has 1 aliphatic carbocycles. The lowest BCUT2D eigenvalue weighted by atomic mass is 9.76. The minimum absolute atomic E-state index is 0.165. The predicted molar refractivity (Wildman–Crippen MR) is 71.0 cm³/mol. The lowest BCUT2D eigenvalue weighted by Gasteiger charge is -2.33. The molecule has 2 nitrogen and oxygen atoms in total. The van der Waals surface area contributed by atoms with Crippen LogP contribution in [0.2, 0.25) is 0 Å². The van der Waals surface area contributed by atoms with Gasteiger partial charge in [-0.1, -0.05) is 26.2 Å². The van der Waals surface area contributed by atoms with Crippen LogP contribution in [0.5, 0.6) is 5.75 Å². The summed E-state index contributed by atoms with van der Waals surface area (Å²) >= 11 is 0. The second-order valence-corrected chi connectivity index (χ2v) is 5.75. The van der Waals surface area contributed by atoms with Gasteiger partial charge in [-0.25, -0.2) is 4.39 Å². The normalized spacial score (nSPS) is 18.8. The zero-order chi connectivity index (χ0) is 13.0. The van der Waals surface area contributed by atoms with E-state index in [4.69, 9.17) is 0 Å². The molecule has 100 valence electrons. The highest BCUT2D eigenvalue weighted by Crippen LogP contribution is 2.35. The summed E-state index contributed by atoms with van der Waals surface area (Å²) < 4.78 is 13.1. The van der Waals surface area contributed by atoms with E-state index in [1.807, 2.05) is 0 Å². The molecule has 1 aromatic carbocycles. The number of rotatable bonds is 4. The number of benzene rings is 1. The standard InChI is InChI=1S/C15H22FNO/c1-15(7-3-2-4-8-15)11-17-10-12-9-13(16)5-6-14(12)18/h5-6,9,17-18H,2-4,7-8,10-11H2,1H3. The van der Waals surface area contributed by atoms with Crippen LogP contribution in [0.4, 0.5) is 4.39 Å². The van der Waals surface area contributed by atoms with Crippen LogP contribution in [-0.4, -0.2) is 11.7 Å². The molecule has 0 aliphatic heterocycles. The average Bonchev–Trinajstić information content (AvgIpc) is 2.34. The van der Waals surface area contributed by atoms with Gasteiger partial charge in [-0.05, 0) is 36.5 Å². The number of phenols is 1. The van der Waals surface area contributed by atoms with E-state index in [1.54, 1.807) is 0 Å². The number of hydrogen-bond acceptors (Lipinski definition) is 2. The van der Waals surface area contributed by atoms with E-state index < -0.39 is 0 Å². The van der Waals surface area contributed by atoms with Gasteiger partial charge in [0.1, 0.15) is 11.6 Å². The zero-order valence-corrected chi connectivity index (χ0v) is 11.0. The van der Waals surface area contributed by atoms with Crippen molar-refractivity contribution in [3.8, 4) is 5.75 Å². The van der Waals surface area contributed by atoms with Gasteiger partial charge in [0.25, 0.3) is 0 Å². The molecule has 0 bridgehead atoms. The molecular formula is C15H22FNO. The van der Waals surface area contributed by atoms with E-state index >= 15 is 0 Å². The summed E-state index contributed by atoms with van der Waals surface area (Å²) in [6.07, 6.45) is 6.48. The van der Waals surface area contributed by atoms with Crippen LogP contribution in [0.15, 0.2) is 18.2 Å². The van der Waals surface area contributed by atoms with Crippen molar-refractivity contribution in [1.29, 1.82) is 0 Å². The number of nitrogens with one attached hydrogen (secondary N) is 1. The molecular weight excluding hydrogens is 229 g/mol. The molecule has 0 heterocycles. The summed E-state index contributed by atoms with van der Waals surface area (Å²) in [6, 6.07) is 4.08. The summed E-state index contributed by atoms with van der Waals surface area (Å²) in [7, 11) is 0. The third-order valence-corrected chi connectivity index (χ3v) is 3.97. The fourth-order valence-electron chi connectivity index (χ4n) is 2.78. The molecule has 1 aromatic rings. The van der Waals surface area contributed by atoms with Crippen molar-refractivity contribution in [2.75, 3.05) is 6.54 Å². The van der Waals surface area contributed by atoms with Crippen LogP contribution in [0.25, 0.3) is 0 Å². The van der Waals surface area contributed by atoms with Gasteiger partial charge in [0.15, 0.2) is 0 Å². The molecule has 2 rings (SSSR count). The highest BCUT2D eigenvalue weighted by atomic mass is 19.1. The smallest absolute Gasteiger partial charge is 0.123 e.